The molecule has 0 N–H and O–H groups in total. The second-order valence-electron chi connectivity index (χ2n) is 4.22. The minimum absolute atomic E-state index is 0.929. The van der Waals surface area contributed by atoms with E-state index in [0.717, 1.165) is 16.1 Å². The van der Waals surface area contributed by atoms with Crippen molar-refractivity contribution >= 4 is 11.5 Å². The minimum Gasteiger partial charge on any atom is -0.191 e. The van der Waals surface area contributed by atoms with Crippen LogP contribution in [-0.2, 0) is 0 Å². The fourth-order valence-corrected chi connectivity index (χ4v) is 2.51. The number of nitrogens with zero attached hydrogens (tertiary/aromatic N) is 1. The Morgan fingerprint density at radius 3 is 2.33 bits per heavy atom. The lowest BCUT2D eigenvalue weighted by Crippen LogP contribution is -1.77. The highest BCUT2D eigenvalue weighted by atomic mass is 32.1. The van der Waals surface area contributed by atoms with E-state index in [4.69, 9.17) is 0 Å². The van der Waals surface area contributed by atoms with Gasteiger partial charge in [0.25, 0.3) is 0 Å². The van der Waals surface area contributed by atoms with E-state index in [1.54, 1.807) is 0 Å². The predicted molar refractivity (Wildman–Crippen MR) is 76.6 cm³/mol. The Morgan fingerprint density at radius 2 is 1.61 bits per heavy atom. The van der Waals surface area contributed by atoms with Gasteiger partial charge in [-0.1, -0.05) is 60.2 Å². The van der Waals surface area contributed by atoms with Crippen LogP contribution in [0.5, 0.6) is 0 Å². The largest absolute Gasteiger partial charge is 0.191 e. The van der Waals surface area contributed by atoms with Crippen molar-refractivity contribution in [1.82, 2.24) is 4.37 Å². The Bertz CT molecular complexity index is 638. The molecule has 3 aromatic rings. The molecule has 1 heterocycles. The summed E-state index contributed by atoms with van der Waals surface area (Å²) in [4.78, 5) is 1.09. The van der Waals surface area contributed by atoms with Crippen molar-refractivity contribution in [2.75, 3.05) is 0 Å². The third-order valence-electron chi connectivity index (χ3n) is 2.82. The molecule has 1 radical (unpaired) electrons. The van der Waals surface area contributed by atoms with Crippen molar-refractivity contribution < 1.29 is 0 Å². The first-order chi connectivity index (χ1) is 8.83. The van der Waals surface area contributed by atoms with Crippen LogP contribution in [0, 0.1) is 13.0 Å². The standard InChI is InChI=1S/C16H12NS/c1-12-7-9-13(10-8-12)15-11-16(18-17-15)14-5-3-2-4-6-14/h2-10H,1H3. The quantitative estimate of drug-likeness (QED) is 0.648. The van der Waals surface area contributed by atoms with Crippen molar-refractivity contribution in [3.63, 3.8) is 0 Å². The number of hydrogen-bond acceptors (Lipinski definition) is 2. The molecule has 0 saturated carbocycles. The highest BCUT2D eigenvalue weighted by molar-refractivity contribution is 7.09. The number of aryl methyl sites for hydroxylation is 1. The third-order valence-corrected chi connectivity index (χ3v) is 3.62. The molecule has 18 heavy (non-hydrogen) atoms. The topological polar surface area (TPSA) is 12.9 Å². The average molecular weight is 250 g/mol. The summed E-state index contributed by atoms with van der Waals surface area (Å²) in [5.74, 6) is 0. The Labute approximate surface area is 111 Å². The molecular formula is C16H12NS. The lowest BCUT2D eigenvalue weighted by Gasteiger charge is -1.96. The zero-order valence-electron chi connectivity index (χ0n) is 10.1. The molecule has 0 spiro atoms. The van der Waals surface area contributed by atoms with Gasteiger partial charge in [-0.2, -0.15) is 4.37 Å². The first-order valence-electron chi connectivity index (χ1n) is 5.84. The van der Waals surface area contributed by atoms with Gasteiger partial charge < -0.3 is 0 Å². The van der Waals surface area contributed by atoms with Crippen LogP contribution in [0.1, 0.15) is 5.56 Å². The van der Waals surface area contributed by atoms with Crippen LogP contribution in [0.4, 0.5) is 0 Å². The minimum atomic E-state index is 0.929. The number of hydrogen-bond donors (Lipinski definition) is 0. The fraction of sp³-hybridized carbons (Fsp3) is 0.0625. The Morgan fingerprint density at radius 1 is 0.889 bits per heavy atom. The number of aromatic nitrogens is 1. The lowest BCUT2D eigenvalue weighted by atomic mass is 10.1. The second kappa shape index (κ2) is 4.75. The van der Waals surface area contributed by atoms with Crippen molar-refractivity contribution in [1.29, 1.82) is 0 Å². The van der Waals surface area contributed by atoms with Crippen LogP contribution < -0.4 is 0 Å². The number of rotatable bonds is 2. The fourth-order valence-electron chi connectivity index (χ4n) is 1.80. The molecular weight excluding hydrogens is 238 g/mol. The van der Waals surface area contributed by atoms with Gasteiger partial charge >= 0.3 is 0 Å². The maximum absolute atomic E-state index is 4.48. The molecule has 0 aliphatic rings. The molecule has 1 aromatic heterocycles. The van der Waals surface area contributed by atoms with E-state index in [2.05, 4.69) is 53.8 Å². The van der Waals surface area contributed by atoms with Crippen molar-refractivity contribution in [2.45, 2.75) is 6.92 Å². The molecule has 0 amide bonds. The van der Waals surface area contributed by atoms with E-state index in [9.17, 15) is 0 Å². The molecule has 0 unspecified atom stereocenters. The van der Waals surface area contributed by atoms with Gasteiger partial charge in [-0.05, 0) is 24.0 Å². The first kappa shape index (κ1) is 11.2. The first-order valence-corrected chi connectivity index (χ1v) is 6.62. The normalized spacial score (nSPS) is 10.5. The van der Waals surface area contributed by atoms with E-state index < -0.39 is 0 Å². The molecule has 2 aromatic carbocycles. The summed E-state index contributed by atoms with van der Waals surface area (Å²) in [6.07, 6.45) is 0. The van der Waals surface area contributed by atoms with Crippen molar-refractivity contribution in [2.24, 2.45) is 0 Å². The van der Waals surface area contributed by atoms with Crippen LogP contribution >= 0.6 is 11.5 Å². The molecule has 0 aliphatic carbocycles. The summed E-state index contributed by atoms with van der Waals surface area (Å²) in [7, 11) is 0. The van der Waals surface area contributed by atoms with Gasteiger partial charge in [-0.3, -0.25) is 0 Å². The molecule has 2 heteroatoms. The van der Waals surface area contributed by atoms with E-state index in [1.165, 1.54) is 22.7 Å². The van der Waals surface area contributed by atoms with E-state index in [1.807, 2.05) is 18.2 Å². The molecule has 3 rings (SSSR count). The maximum Gasteiger partial charge on any atom is 0.0926 e. The summed E-state index contributed by atoms with van der Waals surface area (Å²) in [6.45, 7) is 2.09. The smallest absolute Gasteiger partial charge is 0.0926 e. The van der Waals surface area contributed by atoms with E-state index in [-0.39, 0.29) is 0 Å². The van der Waals surface area contributed by atoms with Gasteiger partial charge in [0.2, 0.25) is 0 Å². The predicted octanol–water partition coefficient (Wildman–Crippen LogP) is 4.59. The SMILES string of the molecule is Cc1ccc(-c2[c]c(-c3ccccc3)sn2)cc1. The lowest BCUT2D eigenvalue weighted by molar-refractivity contribution is 1.45. The highest BCUT2D eigenvalue weighted by Gasteiger charge is 2.06. The summed E-state index contributed by atoms with van der Waals surface area (Å²) < 4.78 is 4.48. The third kappa shape index (κ3) is 2.20. The van der Waals surface area contributed by atoms with Crippen LogP contribution in [-0.4, -0.2) is 4.37 Å². The zero-order chi connectivity index (χ0) is 12.4. The molecule has 0 saturated heterocycles. The Balaban J connectivity index is 1.97. The second-order valence-corrected chi connectivity index (χ2v) is 4.99. The molecule has 0 atom stereocenters. The average Bonchev–Trinajstić information content (AvgIpc) is 2.90. The van der Waals surface area contributed by atoms with Gasteiger partial charge in [0.05, 0.1) is 10.6 Å². The molecule has 1 nitrogen and oxygen atoms in total. The van der Waals surface area contributed by atoms with Crippen molar-refractivity contribution in [3.05, 3.63) is 66.2 Å². The van der Waals surface area contributed by atoms with Crippen LogP contribution in [0.15, 0.2) is 54.6 Å². The van der Waals surface area contributed by atoms with E-state index in [0.29, 0.717) is 0 Å². The van der Waals surface area contributed by atoms with Gasteiger partial charge in [-0.15, -0.1) is 0 Å². The van der Waals surface area contributed by atoms with E-state index >= 15 is 0 Å². The maximum atomic E-state index is 4.48. The summed E-state index contributed by atoms with van der Waals surface area (Å²) in [6, 6.07) is 22.0. The van der Waals surface area contributed by atoms with Gasteiger partial charge in [-0.25, -0.2) is 0 Å². The van der Waals surface area contributed by atoms with Crippen molar-refractivity contribution in [3.8, 4) is 21.7 Å². The van der Waals surface area contributed by atoms with Crippen LogP contribution in [0.2, 0.25) is 0 Å². The molecule has 0 aliphatic heterocycles. The summed E-state index contributed by atoms with van der Waals surface area (Å²) >= 11 is 1.50. The molecule has 87 valence electrons. The number of benzene rings is 2. The summed E-state index contributed by atoms with van der Waals surface area (Å²) in [5.41, 5.74) is 4.49. The van der Waals surface area contributed by atoms with Crippen LogP contribution in [0.3, 0.4) is 0 Å². The summed E-state index contributed by atoms with van der Waals surface area (Å²) in [5, 5.41) is 0. The highest BCUT2D eigenvalue weighted by Crippen LogP contribution is 2.28. The zero-order valence-corrected chi connectivity index (χ0v) is 10.9. The van der Waals surface area contributed by atoms with Gasteiger partial charge in [0, 0.05) is 11.6 Å². The van der Waals surface area contributed by atoms with Gasteiger partial charge in [0.15, 0.2) is 0 Å². The van der Waals surface area contributed by atoms with Crippen LogP contribution in [0.25, 0.3) is 21.7 Å². The Hall–Kier alpha value is -1.93. The monoisotopic (exact) mass is 250 g/mol. The molecule has 0 bridgehead atoms. The molecule has 0 fully saturated rings. The Kier molecular flexibility index (Phi) is 2.95. The van der Waals surface area contributed by atoms with Gasteiger partial charge in [0.1, 0.15) is 0 Å².